The molecule has 462 valence electrons. The number of fused-ring (bicyclic) bond motifs is 8. The summed E-state index contributed by atoms with van der Waals surface area (Å²) in [6.07, 6.45) is 6.67. The molecule has 23 heteroatoms. The van der Waals surface area contributed by atoms with Gasteiger partial charge in [-0.15, -0.1) is 0 Å². The van der Waals surface area contributed by atoms with E-state index in [0.717, 1.165) is 0 Å². The lowest BCUT2D eigenvalue weighted by molar-refractivity contribution is 0.0478. The quantitative estimate of drug-likeness (QED) is 0.0433. The minimum atomic E-state index is -0.886. The van der Waals surface area contributed by atoms with Crippen molar-refractivity contribution < 1.29 is 71.5 Å². The maximum atomic E-state index is 14.6. The van der Waals surface area contributed by atoms with Crippen LogP contribution < -0.4 is 0 Å². The number of esters is 7. The number of rotatable bonds is 19. The fraction of sp³-hybridized carbons (Fsp3) is 0.224. The molecule has 8 bridgehead atoms. The number of aromatic amines is 2. The summed E-state index contributed by atoms with van der Waals surface area (Å²) in [4.78, 5) is 132. The van der Waals surface area contributed by atoms with Gasteiger partial charge in [0.2, 0.25) is 0 Å². The fourth-order valence-corrected chi connectivity index (χ4v) is 12.7. The third-order valence-electron chi connectivity index (χ3n) is 14.2. The van der Waals surface area contributed by atoms with Gasteiger partial charge < -0.3 is 43.1 Å². The van der Waals surface area contributed by atoms with E-state index in [-0.39, 0.29) is 192 Å². The Bertz CT molecular complexity index is 4340. The molecule has 0 atom stereocenters. The first-order valence-electron chi connectivity index (χ1n) is 28.5. The molecule has 0 saturated heterocycles. The van der Waals surface area contributed by atoms with Crippen LogP contribution in [-0.4, -0.2) is 114 Å². The molecule has 90 heavy (non-hydrogen) atoms. The molecule has 0 unspecified atom stereocenters. The number of hydrogen-bond donors (Lipinski definition) is 2. The predicted octanol–water partition coefficient (Wildman–Crippen LogP) is 15.8. The first kappa shape index (κ1) is 65.8. The van der Waals surface area contributed by atoms with E-state index in [2.05, 4.69) is 73.7 Å². The van der Waals surface area contributed by atoms with Crippen molar-refractivity contribution in [3.05, 3.63) is 158 Å². The Hall–Kier alpha value is -8.64. The van der Waals surface area contributed by atoms with Gasteiger partial charge in [0.1, 0.15) is 0 Å². The lowest BCUT2D eigenvalue weighted by Gasteiger charge is -2.17. The molecule has 7 aromatic rings. The number of ether oxygens (including phenoxy) is 7. The summed E-state index contributed by atoms with van der Waals surface area (Å²) >= 11 is 14.0. The van der Waals surface area contributed by atoms with Gasteiger partial charge in [0.05, 0.1) is 108 Å². The molecule has 0 amide bonds. The van der Waals surface area contributed by atoms with Gasteiger partial charge in [-0.05, 0) is 198 Å². The predicted molar refractivity (Wildman–Crippen MR) is 353 cm³/mol. The van der Waals surface area contributed by atoms with Crippen LogP contribution in [0.2, 0.25) is 0 Å². The van der Waals surface area contributed by atoms with Crippen molar-refractivity contribution in [2.24, 2.45) is 0 Å². The molecule has 4 aromatic carbocycles. The number of H-pyrrole nitrogens is 2. The Morgan fingerprint density at radius 3 is 0.722 bits per heavy atom. The zero-order valence-electron chi connectivity index (χ0n) is 49.7. The third-order valence-corrected chi connectivity index (χ3v) is 16.8. The van der Waals surface area contributed by atoms with Crippen molar-refractivity contribution in [3.8, 4) is 44.5 Å². The van der Waals surface area contributed by atoms with Crippen LogP contribution in [0.4, 0.5) is 0 Å². The highest BCUT2D eigenvalue weighted by molar-refractivity contribution is 9.11. The molecular formula is C67H56Br4N4O15. The molecule has 0 spiro atoms. The van der Waals surface area contributed by atoms with E-state index in [0.29, 0.717) is 5.52 Å². The van der Waals surface area contributed by atoms with E-state index < -0.39 is 47.6 Å². The number of nitrogens with one attached hydrogen (secondary N) is 2. The summed E-state index contributed by atoms with van der Waals surface area (Å²) in [6, 6.07) is 19.6. The molecule has 2 aliphatic heterocycles. The van der Waals surface area contributed by atoms with Crippen molar-refractivity contribution >= 4 is 158 Å². The van der Waals surface area contributed by atoms with E-state index in [1.54, 1.807) is 146 Å². The van der Waals surface area contributed by atoms with Crippen molar-refractivity contribution in [2.45, 2.75) is 55.4 Å². The van der Waals surface area contributed by atoms with E-state index in [1.165, 1.54) is 6.92 Å². The number of carbonyl (C=O) groups is 8. The van der Waals surface area contributed by atoms with Gasteiger partial charge >= 0.3 is 41.8 Å². The van der Waals surface area contributed by atoms with Crippen LogP contribution in [0.15, 0.2) is 90.7 Å². The molecule has 2 N–H and O–H groups in total. The monoisotopic (exact) mass is 1470 g/mol. The van der Waals surface area contributed by atoms with E-state index in [4.69, 9.17) is 43.1 Å². The molecule has 0 aliphatic carbocycles. The molecule has 2 aliphatic rings. The van der Waals surface area contributed by atoms with Gasteiger partial charge in [-0.3, -0.25) is 4.79 Å². The summed E-state index contributed by atoms with van der Waals surface area (Å²) in [5, 5.41) is 0. The number of benzene rings is 4. The lowest BCUT2D eigenvalue weighted by Crippen LogP contribution is -2.16. The first-order valence-corrected chi connectivity index (χ1v) is 31.6. The van der Waals surface area contributed by atoms with E-state index in [1.807, 2.05) is 0 Å². The second-order valence-electron chi connectivity index (χ2n) is 19.5. The number of ketones is 1. The summed E-state index contributed by atoms with van der Waals surface area (Å²) < 4.78 is 40.2. The molecule has 0 fully saturated rings. The number of nitrogens with zero attached hydrogens (tertiary/aromatic N) is 2. The van der Waals surface area contributed by atoms with Gasteiger partial charge in [0, 0.05) is 84.5 Å². The Balaban J connectivity index is 1.61. The number of Topliss-reactive ketones (excluding diaryl/α,β-unsaturated/α-hetero) is 1. The van der Waals surface area contributed by atoms with Gasteiger partial charge in [-0.25, -0.2) is 43.5 Å². The largest absolute Gasteiger partial charge is 0.462 e. The second kappa shape index (κ2) is 28.5. The zero-order chi connectivity index (χ0) is 64.8. The Morgan fingerprint density at radius 2 is 0.511 bits per heavy atom. The van der Waals surface area contributed by atoms with Crippen LogP contribution in [0.5, 0.6) is 0 Å². The zero-order valence-corrected chi connectivity index (χ0v) is 56.1. The lowest BCUT2D eigenvalue weighted by atomic mass is 9.92. The van der Waals surface area contributed by atoms with Crippen molar-refractivity contribution in [1.29, 1.82) is 0 Å². The van der Waals surface area contributed by atoms with Crippen LogP contribution >= 0.6 is 63.7 Å². The highest BCUT2D eigenvalue weighted by Crippen LogP contribution is 2.45. The van der Waals surface area contributed by atoms with Gasteiger partial charge in [0.15, 0.2) is 5.78 Å². The smallest absolute Gasteiger partial charge is 0.340 e. The van der Waals surface area contributed by atoms with Crippen LogP contribution in [0.1, 0.15) is 161 Å². The standard InChI is InChI=1S/C67H56Br4N4O15/c1-9-84-61(77)54-34(17-21-38(69)58(54)65(81)88-13-5)51-43-26-24-41(72-43)50(33-16-20-37(68)57(49(33)32(8)76)64(80)87-12-4)42-25-27-44(73-42)52(35-18-22-39(70)59(66(82)89-14-6)55(35)62(78)85-10-2)46-29-31-48(75-46)53(47-30-28-45(51)74-47)36-19-23-40(71)60(67(83)90-15-7)56(36)63(79)86-11-3/h16-31,72,75H,9-15H2,1-8H3. The minimum Gasteiger partial charge on any atom is -0.462 e. The average Bonchev–Trinajstić information content (AvgIpc) is 1.44. The number of halogens is 4. The highest BCUT2D eigenvalue weighted by atomic mass is 79.9. The summed E-state index contributed by atoms with van der Waals surface area (Å²) in [6.45, 7) is 12.3. The fourth-order valence-electron chi connectivity index (χ4n) is 10.7. The van der Waals surface area contributed by atoms with Gasteiger partial charge in [-0.2, -0.15) is 0 Å². The summed E-state index contributed by atoms with van der Waals surface area (Å²) in [5.74, 6) is -6.48. The molecule has 0 saturated carbocycles. The molecule has 9 rings (SSSR count). The Kier molecular flexibility index (Phi) is 20.8. The SMILES string of the molecule is CCOC(=O)c1c(Br)ccc(-c2c3nc(c(-c4ccc(Br)c(C(=O)OCC)c4C(=O)OCC)c4ccc([nH]4)c(-c4ccc(Br)c(C(=O)OCC)c4C(=O)OCC)c4nc(c(-c5ccc(Br)c(C(=O)OCC)c5C(=O)OCC)c5ccc2[nH]5)C=C4)C=C3)c1C(C)=O. The highest BCUT2D eigenvalue weighted by Gasteiger charge is 2.34. The maximum absolute atomic E-state index is 14.6. The van der Waals surface area contributed by atoms with Gasteiger partial charge in [0.25, 0.3) is 0 Å². The van der Waals surface area contributed by atoms with Crippen molar-refractivity contribution in [1.82, 2.24) is 19.9 Å². The number of aromatic nitrogens is 4. The van der Waals surface area contributed by atoms with E-state index >= 15 is 0 Å². The van der Waals surface area contributed by atoms with E-state index in [9.17, 15) is 38.4 Å². The number of hydrogen-bond acceptors (Lipinski definition) is 17. The molecular weight excluding hydrogens is 1420 g/mol. The average molecular weight is 1480 g/mol. The summed E-state index contributed by atoms with van der Waals surface area (Å²) in [5.41, 5.74) is 2.30. The Morgan fingerprint density at radius 1 is 0.311 bits per heavy atom. The van der Waals surface area contributed by atoms with Crippen LogP contribution in [0, 0.1) is 0 Å². The topological polar surface area (TPSA) is 259 Å². The van der Waals surface area contributed by atoms with Crippen molar-refractivity contribution in [2.75, 3.05) is 46.2 Å². The molecule has 19 nitrogen and oxygen atoms in total. The summed E-state index contributed by atoms with van der Waals surface area (Å²) in [7, 11) is 0. The van der Waals surface area contributed by atoms with Crippen LogP contribution in [0.3, 0.4) is 0 Å². The molecule has 0 radical (unpaired) electrons. The van der Waals surface area contributed by atoms with Crippen LogP contribution in [0.25, 0.3) is 90.9 Å². The minimum absolute atomic E-state index is 0.0145. The second-order valence-corrected chi connectivity index (χ2v) is 22.9. The van der Waals surface area contributed by atoms with Gasteiger partial charge in [-0.1, -0.05) is 24.3 Å². The number of carbonyl (C=O) groups excluding carboxylic acids is 8. The molecule has 5 heterocycles. The normalized spacial score (nSPS) is 11.5. The van der Waals surface area contributed by atoms with Crippen molar-refractivity contribution in [3.63, 3.8) is 0 Å². The molecule has 3 aromatic heterocycles. The van der Waals surface area contributed by atoms with Crippen LogP contribution in [-0.2, 0) is 33.2 Å². The third kappa shape index (κ3) is 12.6. The maximum Gasteiger partial charge on any atom is 0.340 e. The first-order chi connectivity index (χ1) is 43.3. The Labute approximate surface area is 549 Å².